The fourth-order valence-electron chi connectivity index (χ4n) is 8.04. The van der Waals surface area contributed by atoms with E-state index in [0.717, 1.165) is 34.6 Å². The Labute approximate surface area is 406 Å². The van der Waals surface area contributed by atoms with Crippen molar-refractivity contribution in [1.29, 1.82) is 0 Å². The largest absolute Gasteiger partial charge is 0.462 e. The van der Waals surface area contributed by atoms with Crippen molar-refractivity contribution in [3.05, 3.63) is 114 Å². The van der Waals surface area contributed by atoms with Gasteiger partial charge in [0.2, 0.25) is 0 Å². The lowest BCUT2D eigenvalue weighted by Crippen LogP contribution is -2.66. The molecule has 382 valence electrons. The van der Waals surface area contributed by atoms with Gasteiger partial charge >= 0.3 is 41.8 Å². The van der Waals surface area contributed by atoms with Crippen molar-refractivity contribution < 1.29 is 85.7 Å². The molecule has 3 aliphatic rings. The number of carbonyl (C=O) groups is 7. The highest BCUT2D eigenvalue weighted by Gasteiger charge is 2.59. The molecule has 0 aromatic heterocycles. The molecule has 2 saturated heterocycles. The van der Waals surface area contributed by atoms with E-state index in [9.17, 15) is 55.7 Å². The van der Waals surface area contributed by atoms with Crippen LogP contribution in [0.2, 0.25) is 0 Å². The van der Waals surface area contributed by atoms with Crippen LogP contribution in [0.1, 0.15) is 61.8 Å². The van der Waals surface area contributed by atoms with Crippen molar-refractivity contribution in [3.63, 3.8) is 0 Å². The normalized spacial score (nSPS) is 28.7. The Morgan fingerprint density at radius 3 is 1.58 bits per heavy atom. The molecule has 2 aliphatic heterocycles. The Hall–Kier alpha value is -8.19. The van der Waals surface area contributed by atoms with Gasteiger partial charge in [-0.2, -0.15) is 0 Å². The van der Waals surface area contributed by atoms with Gasteiger partial charge < -0.3 is 52.1 Å². The molecule has 1 saturated carbocycles. The smallest absolute Gasteiger partial charge is 0.338 e. The monoisotopic (exact) mass is 1010 g/mol. The molecule has 0 spiro atoms. The average molecular weight is 1010 g/mol. The number of esters is 7. The van der Waals surface area contributed by atoms with Crippen LogP contribution in [0.5, 0.6) is 0 Å². The van der Waals surface area contributed by atoms with E-state index in [2.05, 4.69) is 40.1 Å². The van der Waals surface area contributed by atoms with E-state index in [1.54, 1.807) is 24.3 Å². The van der Waals surface area contributed by atoms with Crippen molar-refractivity contribution in [1.82, 2.24) is 0 Å². The molecule has 15 atom stereocenters. The summed E-state index contributed by atoms with van der Waals surface area (Å²) in [6.07, 6.45) is -22.2. The summed E-state index contributed by atoms with van der Waals surface area (Å²) in [6.45, 7) is 3.56. The Morgan fingerprint density at radius 2 is 1.07 bits per heavy atom. The average Bonchev–Trinajstić information content (AvgIpc) is 3.64. The molecule has 72 heavy (non-hydrogen) atoms. The van der Waals surface area contributed by atoms with Crippen LogP contribution in [0.15, 0.2) is 81.1 Å². The van der Waals surface area contributed by atoms with Crippen molar-refractivity contribution in [2.24, 2.45) is 20.5 Å². The lowest BCUT2D eigenvalue weighted by Gasteiger charge is -2.49. The van der Waals surface area contributed by atoms with E-state index >= 15 is 0 Å². The summed E-state index contributed by atoms with van der Waals surface area (Å²) in [5.41, 5.74) is 38.9. The van der Waals surface area contributed by atoms with Gasteiger partial charge in [0.05, 0.1) is 35.9 Å². The molecule has 0 radical (unpaired) electrons. The third-order valence-corrected chi connectivity index (χ3v) is 10.7. The third kappa shape index (κ3) is 14.4. The van der Waals surface area contributed by atoms with E-state index < -0.39 is 153 Å². The van der Waals surface area contributed by atoms with Crippen LogP contribution in [0, 0.1) is 0 Å². The highest BCUT2D eigenvalue weighted by molar-refractivity contribution is 5.90. The van der Waals surface area contributed by atoms with Crippen molar-refractivity contribution >= 4 is 41.8 Å². The quantitative estimate of drug-likeness (QED) is 0.0570. The fraction of sp³-hybridized carbons (Fsp3) is 0.548. The first-order valence-corrected chi connectivity index (χ1v) is 21.6. The number of hydrogen-bond acceptors (Lipinski definition) is 22. The van der Waals surface area contributed by atoms with Crippen LogP contribution >= 0.6 is 0 Å². The molecule has 30 heteroatoms. The molecule has 3 fully saturated rings. The number of ether oxygens (including phenoxy) is 11. The molecule has 5 rings (SSSR count). The molecule has 0 N–H and O–H groups in total. The maximum atomic E-state index is 13.9. The molecule has 2 aromatic rings. The van der Waals surface area contributed by atoms with E-state index in [-0.39, 0.29) is 11.1 Å². The van der Waals surface area contributed by atoms with Gasteiger partial charge in [-0.25, -0.2) is 9.59 Å². The Bertz CT molecular complexity index is 2500. The minimum atomic E-state index is -2.09. The van der Waals surface area contributed by atoms with Crippen LogP contribution in [0.25, 0.3) is 41.8 Å². The number of rotatable bonds is 20. The minimum Gasteiger partial charge on any atom is -0.462 e. The highest BCUT2D eigenvalue weighted by Crippen LogP contribution is 2.40. The summed E-state index contributed by atoms with van der Waals surface area (Å²) in [5.74, 6) is -6.86. The molecule has 0 unspecified atom stereocenters. The summed E-state index contributed by atoms with van der Waals surface area (Å²) < 4.78 is 64.8. The number of hydrogen-bond donors (Lipinski definition) is 0. The van der Waals surface area contributed by atoms with Crippen LogP contribution in [0.3, 0.4) is 0 Å². The van der Waals surface area contributed by atoms with Crippen LogP contribution in [0.4, 0.5) is 0 Å². The zero-order valence-electron chi connectivity index (χ0n) is 38.8. The van der Waals surface area contributed by atoms with Gasteiger partial charge in [-0.05, 0) is 52.8 Å². The molecule has 30 nitrogen and oxygen atoms in total. The van der Waals surface area contributed by atoms with Gasteiger partial charge in [0.15, 0.2) is 43.1 Å². The second-order valence-electron chi connectivity index (χ2n) is 15.7. The molecule has 1 aliphatic carbocycles. The van der Waals surface area contributed by atoms with E-state index in [1.165, 1.54) is 36.4 Å². The predicted octanol–water partition coefficient (Wildman–Crippen LogP) is 4.70. The zero-order valence-corrected chi connectivity index (χ0v) is 38.8. The number of carbonyl (C=O) groups excluding carboxylic acids is 7. The number of nitrogens with zero attached hydrogens (tertiary/aromatic N) is 12. The first-order chi connectivity index (χ1) is 34.5. The highest BCUT2D eigenvalue weighted by atomic mass is 16.8. The number of benzene rings is 2. The van der Waals surface area contributed by atoms with Crippen molar-refractivity contribution in [3.8, 4) is 0 Å². The summed E-state index contributed by atoms with van der Waals surface area (Å²) in [4.78, 5) is 102. The van der Waals surface area contributed by atoms with Gasteiger partial charge in [-0.1, -0.05) is 56.9 Å². The fourth-order valence-corrected chi connectivity index (χ4v) is 8.04. The maximum absolute atomic E-state index is 13.9. The summed E-state index contributed by atoms with van der Waals surface area (Å²) >= 11 is 0. The van der Waals surface area contributed by atoms with E-state index in [0.29, 0.717) is 0 Å². The summed E-state index contributed by atoms with van der Waals surface area (Å²) in [5, 5.41) is 14.9. The minimum absolute atomic E-state index is 0.00497. The molecule has 2 heterocycles. The van der Waals surface area contributed by atoms with Crippen molar-refractivity contribution in [2.75, 3.05) is 13.2 Å². The Balaban J connectivity index is 1.71. The van der Waals surface area contributed by atoms with Crippen LogP contribution in [-0.2, 0) is 76.1 Å². The van der Waals surface area contributed by atoms with Crippen LogP contribution < -0.4 is 0 Å². The lowest BCUT2D eigenvalue weighted by molar-refractivity contribution is -0.319. The predicted molar refractivity (Wildman–Crippen MR) is 235 cm³/mol. The number of azide groups is 4. The van der Waals surface area contributed by atoms with E-state index in [4.69, 9.17) is 52.1 Å². The molecule has 0 amide bonds. The van der Waals surface area contributed by atoms with Crippen LogP contribution in [-0.4, -0.2) is 147 Å². The van der Waals surface area contributed by atoms with Crippen molar-refractivity contribution in [2.45, 2.75) is 133 Å². The Kier molecular flexibility index (Phi) is 19.9. The summed E-state index contributed by atoms with van der Waals surface area (Å²) in [6, 6.07) is 10.1. The third-order valence-electron chi connectivity index (χ3n) is 10.7. The van der Waals surface area contributed by atoms with E-state index in [1.807, 2.05) is 0 Å². The standard InChI is InChI=1S/C42H46N12O18/c1-19(55)62-18-29(63-20(2)56)34-37(66-23(5)59)35(65-22(4)58)30(50-54-46)41(71-34)70-32-27(49-53-45)16-26(48-52-44)31(64-21(3)57)36(32)72-42-38(69-40(61)25-14-10-7-11-15-25)33(28(67-42)17-47-51-43)68-39(60)24-12-8-6-9-13-24/h6-15,26-38,41-42H,16-18H2,1-5H3/t26-,27+,28-,29-,30-,31+,32-,33+,34-,35-,36-,37-,38+,41+,42+/m1/s1. The lowest BCUT2D eigenvalue weighted by atomic mass is 9.83. The second kappa shape index (κ2) is 26.1. The zero-order chi connectivity index (χ0) is 52.5. The first kappa shape index (κ1) is 54.7. The Morgan fingerprint density at radius 1 is 0.556 bits per heavy atom. The van der Waals surface area contributed by atoms with Gasteiger partial charge in [-0.15, -0.1) is 0 Å². The topological polar surface area (TPSA) is 416 Å². The first-order valence-electron chi connectivity index (χ1n) is 21.6. The second-order valence-corrected chi connectivity index (χ2v) is 15.7. The molecular formula is C42H46N12O18. The van der Waals surface area contributed by atoms with Gasteiger partial charge in [0.25, 0.3) is 0 Å². The SMILES string of the molecule is CC(=O)OC[C@@H](OC(C)=O)[C@H]1O[C@H](O[C@H]2[C@H](O[C@@H]3O[C@H](CN=[N+]=[N-])[C@H](OC(=O)c4ccccc4)[C@@H]3OC(=O)c3ccccc3)[C@@H](OC(C)=O)[C@H](N=[N+]=[N-])C[C@@H]2N=[N+]=[N-])[C@H](N=[N+]=[N-])[C@@H](OC(C)=O)[C@@H]1OC(C)=O. The molecule has 0 bridgehead atoms. The summed E-state index contributed by atoms with van der Waals surface area (Å²) in [7, 11) is 0. The van der Waals surface area contributed by atoms with Gasteiger partial charge in [0, 0.05) is 54.3 Å². The van der Waals surface area contributed by atoms with Gasteiger partial charge in [-0.3, -0.25) is 24.0 Å². The maximum Gasteiger partial charge on any atom is 0.338 e. The molecular weight excluding hydrogens is 961 g/mol. The molecule has 2 aromatic carbocycles. The van der Waals surface area contributed by atoms with Gasteiger partial charge in [0.1, 0.15) is 37.1 Å².